The number of nitrogens with zero attached hydrogens (tertiary/aromatic N) is 2. The summed E-state index contributed by atoms with van der Waals surface area (Å²) in [5.41, 5.74) is 28.5. The molecule has 0 radical (unpaired) electrons. The third-order valence-electron chi connectivity index (χ3n) is 17.1. The standard InChI is InChI=1S/C76H54N2/c1-75(2)64-32-16-12-29-60(64)61-49-48-58(50-69(61)75)78(70-37-19-15-28-59(70)55-26-10-5-11-27-55)72-39-21-36-68-74(72)63-31-14-18-34-66(63)76(68)65-33-17-13-30-62(65)73-67(76)35-20-38-71(73)77(56-44-40-53(41-45-56)51-22-6-3-7-23-51)57-46-42-54(43-47-57)52-24-8-4-9-25-52/h3-50H,1-2H3. The van der Waals surface area contributed by atoms with E-state index < -0.39 is 5.41 Å². The zero-order valence-electron chi connectivity index (χ0n) is 43.6. The highest BCUT2D eigenvalue weighted by atomic mass is 15.2. The van der Waals surface area contributed by atoms with Crippen molar-refractivity contribution >= 4 is 34.1 Å². The number of hydrogen-bond donors (Lipinski definition) is 0. The molecule has 2 nitrogen and oxygen atoms in total. The predicted molar refractivity (Wildman–Crippen MR) is 326 cm³/mol. The third-order valence-corrected chi connectivity index (χ3v) is 17.1. The van der Waals surface area contributed by atoms with E-state index in [1.165, 1.54) is 100 Å². The van der Waals surface area contributed by atoms with E-state index in [1.54, 1.807) is 0 Å². The maximum atomic E-state index is 2.56. The Morgan fingerprint density at radius 2 is 0.603 bits per heavy atom. The summed E-state index contributed by atoms with van der Waals surface area (Å²) in [6, 6.07) is 108. The third kappa shape index (κ3) is 6.83. The summed E-state index contributed by atoms with van der Waals surface area (Å²) in [6.45, 7) is 4.77. The molecule has 0 saturated heterocycles. The van der Waals surface area contributed by atoms with Gasteiger partial charge < -0.3 is 9.80 Å². The molecule has 0 amide bonds. The minimum Gasteiger partial charge on any atom is -0.310 e. The van der Waals surface area contributed by atoms with Crippen molar-refractivity contribution in [3.05, 3.63) is 325 Å². The SMILES string of the molecule is CC1(C)c2ccccc2-c2ccc(N(c3ccccc3-c3ccccc3)c3cccc4c3-c3ccccc3C43c4ccccc4-c4c(N(c5ccc(-c6ccccc6)cc5)c5ccc(-c6ccccc6)cc5)cccc43)cc21. The zero-order valence-corrected chi connectivity index (χ0v) is 43.6. The van der Waals surface area contributed by atoms with Crippen LogP contribution in [0.2, 0.25) is 0 Å². The molecular formula is C76H54N2. The van der Waals surface area contributed by atoms with Crippen molar-refractivity contribution in [2.75, 3.05) is 9.80 Å². The second-order valence-electron chi connectivity index (χ2n) is 21.5. The molecule has 0 aliphatic heterocycles. The van der Waals surface area contributed by atoms with Gasteiger partial charge in [-0.25, -0.2) is 0 Å². The lowest BCUT2D eigenvalue weighted by molar-refractivity contribution is 0.660. The molecule has 0 fully saturated rings. The predicted octanol–water partition coefficient (Wildman–Crippen LogP) is 20.3. The van der Waals surface area contributed by atoms with Crippen LogP contribution in [-0.2, 0) is 10.8 Å². The summed E-state index contributed by atoms with van der Waals surface area (Å²) in [5, 5.41) is 0. The second-order valence-corrected chi connectivity index (χ2v) is 21.5. The van der Waals surface area contributed by atoms with Crippen molar-refractivity contribution < 1.29 is 0 Å². The van der Waals surface area contributed by atoms with Crippen LogP contribution in [0.25, 0.3) is 66.8 Å². The van der Waals surface area contributed by atoms with Gasteiger partial charge in [0.2, 0.25) is 0 Å². The van der Waals surface area contributed by atoms with Gasteiger partial charge in [-0.15, -0.1) is 0 Å². The van der Waals surface area contributed by atoms with Crippen molar-refractivity contribution in [1.82, 2.24) is 0 Å². The first-order valence-electron chi connectivity index (χ1n) is 27.3. The van der Waals surface area contributed by atoms with Gasteiger partial charge in [0.05, 0.1) is 22.5 Å². The van der Waals surface area contributed by atoms with Gasteiger partial charge >= 0.3 is 0 Å². The summed E-state index contributed by atoms with van der Waals surface area (Å²) in [6.07, 6.45) is 0. The van der Waals surface area contributed by atoms with Gasteiger partial charge in [0.1, 0.15) is 0 Å². The highest BCUT2D eigenvalue weighted by Crippen LogP contribution is 2.67. The van der Waals surface area contributed by atoms with Crippen molar-refractivity contribution in [3.63, 3.8) is 0 Å². The molecule has 0 heterocycles. The van der Waals surface area contributed by atoms with Gasteiger partial charge in [0.25, 0.3) is 0 Å². The molecule has 78 heavy (non-hydrogen) atoms. The van der Waals surface area contributed by atoms with Gasteiger partial charge in [-0.05, 0) is 138 Å². The van der Waals surface area contributed by atoms with E-state index in [4.69, 9.17) is 0 Å². The van der Waals surface area contributed by atoms with Crippen LogP contribution in [0.1, 0.15) is 47.2 Å². The number of benzene rings is 12. The molecule has 1 unspecified atom stereocenters. The summed E-state index contributed by atoms with van der Waals surface area (Å²) in [4.78, 5) is 5.04. The van der Waals surface area contributed by atoms with Crippen molar-refractivity contribution in [2.24, 2.45) is 0 Å². The second kappa shape index (κ2) is 17.9. The Kier molecular flexibility index (Phi) is 10.5. The van der Waals surface area contributed by atoms with Crippen LogP contribution in [-0.4, -0.2) is 0 Å². The minimum atomic E-state index is -0.629. The Labute approximate surface area is 457 Å². The van der Waals surface area contributed by atoms with Gasteiger partial charge in [-0.3, -0.25) is 0 Å². The Morgan fingerprint density at radius 3 is 1.14 bits per heavy atom. The highest BCUT2D eigenvalue weighted by Gasteiger charge is 2.53. The fourth-order valence-electron chi connectivity index (χ4n) is 13.6. The largest absolute Gasteiger partial charge is 0.310 e. The van der Waals surface area contributed by atoms with Crippen molar-refractivity contribution in [3.8, 4) is 66.8 Å². The summed E-state index contributed by atoms with van der Waals surface area (Å²) in [7, 11) is 0. The zero-order chi connectivity index (χ0) is 52.0. The average Bonchev–Trinajstić information content (AvgIpc) is 3.52. The van der Waals surface area contributed by atoms with E-state index in [1.807, 2.05) is 0 Å². The average molecular weight is 995 g/mol. The summed E-state index contributed by atoms with van der Waals surface area (Å²) >= 11 is 0. The quantitative estimate of drug-likeness (QED) is 0.142. The van der Waals surface area contributed by atoms with Crippen LogP contribution in [0, 0.1) is 0 Å². The number of rotatable bonds is 9. The van der Waals surface area contributed by atoms with Crippen LogP contribution in [0.4, 0.5) is 34.1 Å². The molecule has 2 heteroatoms. The topological polar surface area (TPSA) is 6.48 Å². The lowest BCUT2D eigenvalue weighted by Crippen LogP contribution is -2.26. The molecule has 368 valence electrons. The summed E-state index contributed by atoms with van der Waals surface area (Å²) < 4.78 is 0. The lowest BCUT2D eigenvalue weighted by atomic mass is 9.70. The number of fused-ring (bicyclic) bond motifs is 13. The van der Waals surface area contributed by atoms with Crippen LogP contribution in [0.5, 0.6) is 0 Å². The van der Waals surface area contributed by atoms with E-state index in [0.29, 0.717) is 0 Å². The van der Waals surface area contributed by atoms with Crippen molar-refractivity contribution in [2.45, 2.75) is 24.7 Å². The Bertz CT molecular complexity index is 4190. The first kappa shape index (κ1) is 45.6. The van der Waals surface area contributed by atoms with E-state index in [2.05, 4.69) is 315 Å². The van der Waals surface area contributed by atoms with Crippen LogP contribution >= 0.6 is 0 Å². The first-order chi connectivity index (χ1) is 38.5. The van der Waals surface area contributed by atoms with E-state index in [9.17, 15) is 0 Å². The van der Waals surface area contributed by atoms with Gasteiger partial charge in [-0.1, -0.05) is 250 Å². The molecule has 0 bridgehead atoms. The molecule has 1 spiro atoms. The first-order valence-corrected chi connectivity index (χ1v) is 27.3. The molecule has 3 aliphatic rings. The number of hydrogen-bond acceptors (Lipinski definition) is 2. The van der Waals surface area contributed by atoms with E-state index >= 15 is 0 Å². The molecular weight excluding hydrogens is 941 g/mol. The smallest absolute Gasteiger partial charge is 0.0727 e. The lowest BCUT2D eigenvalue weighted by Gasteiger charge is -2.33. The van der Waals surface area contributed by atoms with Crippen LogP contribution in [0.15, 0.2) is 291 Å². The van der Waals surface area contributed by atoms with Crippen LogP contribution in [0.3, 0.4) is 0 Å². The fourth-order valence-corrected chi connectivity index (χ4v) is 13.6. The maximum absolute atomic E-state index is 2.56. The minimum absolute atomic E-state index is 0.182. The van der Waals surface area contributed by atoms with Gasteiger partial charge in [0.15, 0.2) is 0 Å². The van der Waals surface area contributed by atoms with Crippen LogP contribution < -0.4 is 9.80 Å². The molecule has 1 atom stereocenters. The fraction of sp³-hybridized carbons (Fsp3) is 0.0526. The number of para-hydroxylation sites is 1. The van der Waals surface area contributed by atoms with E-state index in [0.717, 1.165) is 34.1 Å². The monoisotopic (exact) mass is 994 g/mol. The van der Waals surface area contributed by atoms with Gasteiger partial charge in [-0.2, -0.15) is 0 Å². The molecule has 0 saturated carbocycles. The molecule has 15 rings (SSSR count). The maximum Gasteiger partial charge on any atom is 0.0727 e. The number of anilines is 6. The molecule has 0 N–H and O–H groups in total. The summed E-state index contributed by atoms with van der Waals surface area (Å²) in [5.74, 6) is 0. The molecule has 12 aromatic carbocycles. The van der Waals surface area contributed by atoms with Crippen molar-refractivity contribution in [1.29, 1.82) is 0 Å². The Balaban J connectivity index is 0.968. The van der Waals surface area contributed by atoms with E-state index in [-0.39, 0.29) is 5.41 Å². The Hall–Kier alpha value is -9.76. The molecule has 3 aliphatic carbocycles. The normalized spacial score (nSPS) is 14.7. The highest BCUT2D eigenvalue weighted by molar-refractivity contribution is 6.05. The van der Waals surface area contributed by atoms with Gasteiger partial charge in [0, 0.05) is 39.2 Å². The molecule has 0 aromatic heterocycles. The Morgan fingerprint density at radius 1 is 0.231 bits per heavy atom. The molecule has 12 aromatic rings.